The molecule has 2 saturated heterocycles. The topological polar surface area (TPSA) is 102 Å². The van der Waals surface area contributed by atoms with Crippen molar-refractivity contribution >= 4 is 17.3 Å². The third-order valence-electron chi connectivity index (χ3n) is 5.01. The largest absolute Gasteiger partial charge is 0.390 e. The van der Waals surface area contributed by atoms with Crippen molar-refractivity contribution < 1.29 is 14.6 Å². The summed E-state index contributed by atoms with van der Waals surface area (Å²) in [4.78, 5) is 41.0. The Morgan fingerprint density at radius 1 is 1.12 bits per heavy atom. The van der Waals surface area contributed by atoms with Crippen LogP contribution in [0.15, 0.2) is 9.59 Å². The van der Waals surface area contributed by atoms with E-state index in [1.807, 2.05) is 4.90 Å². The predicted molar refractivity (Wildman–Crippen MR) is 97.6 cm³/mol. The van der Waals surface area contributed by atoms with Gasteiger partial charge in [-0.1, -0.05) is 0 Å². The summed E-state index contributed by atoms with van der Waals surface area (Å²) in [5.41, 5.74) is -0.358. The Labute approximate surface area is 151 Å². The van der Waals surface area contributed by atoms with Crippen LogP contribution in [0, 0.1) is 0 Å². The number of aliphatic hydroxyl groups excluding tert-OH is 1. The summed E-state index contributed by atoms with van der Waals surface area (Å²) in [5, 5.41) is 13.1. The lowest BCUT2D eigenvalue weighted by Gasteiger charge is -2.36. The number of ether oxygens (including phenoxy) is 1. The van der Waals surface area contributed by atoms with E-state index in [2.05, 4.69) is 10.2 Å². The van der Waals surface area contributed by atoms with Crippen LogP contribution in [0.25, 0.3) is 0 Å². The average Bonchev–Trinajstić information content (AvgIpc) is 2.65. The molecular weight excluding hydrogens is 340 g/mol. The van der Waals surface area contributed by atoms with Gasteiger partial charge in [-0.05, 0) is 0 Å². The van der Waals surface area contributed by atoms with Crippen LogP contribution in [-0.4, -0.2) is 92.5 Å². The van der Waals surface area contributed by atoms with Crippen molar-refractivity contribution in [2.24, 2.45) is 0 Å². The van der Waals surface area contributed by atoms with E-state index >= 15 is 0 Å². The number of amides is 1. The molecule has 0 radical (unpaired) electrons. The van der Waals surface area contributed by atoms with Crippen molar-refractivity contribution in [2.45, 2.75) is 13.0 Å². The maximum absolute atomic E-state index is 12.0. The highest BCUT2D eigenvalue weighted by atomic mass is 16.5. The second-order valence-corrected chi connectivity index (χ2v) is 6.82. The summed E-state index contributed by atoms with van der Waals surface area (Å²) in [7, 11) is 0. The van der Waals surface area contributed by atoms with Gasteiger partial charge in [0.25, 0.3) is 10.9 Å². The summed E-state index contributed by atoms with van der Waals surface area (Å²) in [6.07, 6.45) is -0.639. The average molecular weight is 366 g/mol. The molecule has 2 fully saturated rings. The van der Waals surface area contributed by atoms with Crippen molar-refractivity contribution in [3.63, 3.8) is 0 Å². The number of piperazine rings is 1. The molecule has 0 bridgehead atoms. The Kier molecular flexibility index (Phi) is 5.90. The van der Waals surface area contributed by atoms with Crippen molar-refractivity contribution in [3.05, 3.63) is 20.4 Å². The first-order chi connectivity index (χ1) is 12.5. The second kappa shape index (κ2) is 8.15. The van der Waals surface area contributed by atoms with Crippen molar-refractivity contribution in [2.75, 3.05) is 75.8 Å². The van der Waals surface area contributed by atoms with Crippen LogP contribution in [0.3, 0.4) is 0 Å². The minimum absolute atomic E-state index is 0.0132. The van der Waals surface area contributed by atoms with Gasteiger partial charge < -0.3 is 25.0 Å². The predicted octanol–water partition coefficient (Wildman–Crippen LogP) is -1.94. The lowest BCUT2D eigenvalue weighted by atomic mass is 10.1. The molecule has 2 N–H and O–H groups in total. The molecule has 2 aliphatic rings. The number of nitrogens with one attached hydrogen (secondary N) is 1. The first kappa shape index (κ1) is 18.8. The maximum atomic E-state index is 12.0. The van der Waals surface area contributed by atoms with Crippen LogP contribution in [-0.2, 0) is 9.53 Å². The van der Waals surface area contributed by atoms with Gasteiger partial charge in [-0.25, -0.2) is 0 Å². The van der Waals surface area contributed by atoms with E-state index in [1.54, 1.807) is 4.90 Å². The molecule has 2 heterocycles. The quantitative estimate of drug-likeness (QED) is 0.561. The van der Waals surface area contributed by atoms with E-state index in [-0.39, 0.29) is 18.1 Å². The normalized spacial score (nSPS) is 20.4. The number of nitrogens with zero attached hydrogens (tertiary/aromatic N) is 3. The molecule has 0 spiro atoms. The van der Waals surface area contributed by atoms with Crippen LogP contribution >= 0.6 is 0 Å². The van der Waals surface area contributed by atoms with Crippen molar-refractivity contribution in [1.82, 2.24) is 9.80 Å². The molecule has 9 heteroatoms. The van der Waals surface area contributed by atoms with Gasteiger partial charge in [0.1, 0.15) is 11.4 Å². The fourth-order valence-corrected chi connectivity index (χ4v) is 3.46. The van der Waals surface area contributed by atoms with Crippen LogP contribution in [0.2, 0.25) is 0 Å². The molecule has 144 valence electrons. The van der Waals surface area contributed by atoms with Gasteiger partial charge in [0.05, 0.1) is 19.3 Å². The third kappa shape index (κ3) is 4.05. The molecule has 0 aliphatic carbocycles. The molecule has 26 heavy (non-hydrogen) atoms. The Bertz CT molecular complexity index is 700. The van der Waals surface area contributed by atoms with E-state index in [9.17, 15) is 19.5 Å². The Morgan fingerprint density at radius 2 is 1.77 bits per heavy atom. The molecule has 0 saturated carbocycles. The highest BCUT2D eigenvalue weighted by molar-refractivity contribution is 5.76. The van der Waals surface area contributed by atoms with Crippen molar-refractivity contribution in [1.29, 1.82) is 0 Å². The molecular formula is C17H26N4O5. The molecule has 1 unspecified atom stereocenters. The van der Waals surface area contributed by atoms with Crippen LogP contribution < -0.4 is 21.1 Å². The molecule has 1 amide bonds. The SMILES string of the molecule is CC(=O)N1CCN(c2c(NCC(O)CN3CCOCC3)c(=O)c2=O)CC1. The number of hydrogen-bond donors (Lipinski definition) is 2. The third-order valence-corrected chi connectivity index (χ3v) is 5.01. The number of carbonyl (C=O) groups excluding carboxylic acids is 1. The number of anilines is 2. The Hall–Kier alpha value is -1.97. The zero-order valence-corrected chi connectivity index (χ0v) is 15.1. The monoisotopic (exact) mass is 366 g/mol. The van der Waals surface area contributed by atoms with E-state index in [4.69, 9.17) is 4.74 Å². The zero-order valence-electron chi connectivity index (χ0n) is 15.1. The summed E-state index contributed by atoms with van der Waals surface area (Å²) in [5.74, 6) is 0.0132. The number of morpholine rings is 1. The first-order valence-corrected chi connectivity index (χ1v) is 9.03. The smallest absolute Gasteiger partial charge is 0.253 e. The van der Waals surface area contributed by atoms with Gasteiger partial charge in [0.15, 0.2) is 0 Å². The number of rotatable bonds is 6. The van der Waals surface area contributed by atoms with Crippen molar-refractivity contribution in [3.8, 4) is 0 Å². The summed E-state index contributed by atoms with van der Waals surface area (Å²) in [6, 6.07) is 0. The minimum Gasteiger partial charge on any atom is -0.390 e. The minimum atomic E-state index is -0.639. The molecule has 3 rings (SSSR count). The number of aliphatic hydroxyl groups is 1. The van der Waals surface area contributed by atoms with Crippen LogP contribution in [0.1, 0.15) is 6.92 Å². The highest BCUT2D eigenvalue weighted by Gasteiger charge is 2.29. The van der Waals surface area contributed by atoms with Gasteiger partial charge in [0.2, 0.25) is 5.91 Å². The van der Waals surface area contributed by atoms with E-state index in [1.165, 1.54) is 6.92 Å². The van der Waals surface area contributed by atoms with Crippen LogP contribution in [0.4, 0.5) is 11.4 Å². The number of carbonyl (C=O) groups is 1. The lowest BCUT2D eigenvalue weighted by molar-refractivity contribution is -0.129. The first-order valence-electron chi connectivity index (χ1n) is 9.03. The van der Waals surface area contributed by atoms with Gasteiger partial charge in [0, 0.05) is 59.3 Å². The Morgan fingerprint density at radius 3 is 2.38 bits per heavy atom. The molecule has 1 atom stereocenters. The molecule has 0 aromatic heterocycles. The fraction of sp³-hybridized carbons (Fsp3) is 0.706. The number of hydrogen-bond acceptors (Lipinski definition) is 8. The van der Waals surface area contributed by atoms with Crippen LogP contribution in [0.5, 0.6) is 0 Å². The maximum Gasteiger partial charge on any atom is 0.253 e. The molecule has 2 aliphatic heterocycles. The van der Waals surface area contributed by atoms with E-state index in [0.717, 1.165) is 13.1 Å². The van der Waals surface area contributed by atoms with Gasteiger partial charge in [-0.3, -0.25) is 19.3 Å². The standard InChI is InChI=1S/C17H26N4O5/c1-12(22)20-2-4-21(5-3-20)15-14(16(24)17(15)25)18-10-13(23)11-19-6-8-26-9-7-19/h13,18,23H,2-11H2,1H3. The van der Waals surface area contributed by atoms with Gasteiger partial charge in [-0.2, -0.15) is 0 Å². The van der Waals surface area contributed by atoms with E-state index < -0.39 is 17.0 Å². The summed E-state index contributed by atoms with van der Waals surface area (Å²) >= 11 is 0. The summed E-state index contributed by atoms with van der Waals surface area (Å²) in [6.45, 7) is 7.23. The molecule has 1 aromatic rings. The molecule has 1 aromatic carbocycles. The van der Waals surface area contributed by atoms with E-state index in [0.29, 0.717) is 51.6 Å². The van der Waals surface area contributed by atoms with Gasteiger partial charge >= 0.3 is 0 Å². The zero-order chi connectivity index (χ0) is 18.7. The number of β-amino-alcohol motifs (C(OH)–C–C–N with tert-alkyl or cyclic N) is 1. The molecule has 9 nitrogen and oxygen atoms in total. The fourth-order valence-electron chi connectivity index (χ4n) is 3.46. The summed E-state index contributed by atoms with van der Waals surface area (Å²) < 4.78 is 5.28. The van der Waals surface area contributed by atoms with Gasteiger partial charge in [-0.15, -0.1) is 0 Å². The highest BCUT2D eigenvalue weighted by Crippen LogP contribution is 2.21. The second-order valence-electron chi connectivity index (χ2n) is 6.82. The lowest BCUT2D eigenvalue weighted by Crippen LogP contribution is -2.52. The Balaban J connectivity index is 1.54.